The highest BCUT2D eigenvalue weighted by Gasteiger charge is 2.09. The lowest BCUT2D eigenvalue weighted by atomic mass is 10.2. The van der Waals surface area contributed by atoms with Gasteiger partial charge in [0.2, 0.25) is 5.95 Å². The number of amides is 1. The standard InChI is InChI=1S/C14H11N5O2/c15-8-10(9-18-14-16-6-1-7-17-14)13(21)19-11-2-4-12(20)5-3-11/h1-7,9,20H,(H,19,21)(H,16,17,18)/b10-9-. The molecule has 104 valence electrons. The lowest BCUT2D eigenvalue weighted by molar-refractivity contribution is -0.112. The van der Waals surface area contributed by atoms with Crippen LogP contribution in [0.1, 0.15) is 0 Å². The maximum absolute atomic E-state index is 11.9. The van der Waals surface area contributed by atoms with Crippen LogP contribution in [0.2, 0.25) is 0 Å². The van der Waals surface area contributed by atoms with E-state index in [0.717, 1.165) is 0 Å². The molecular weight excluding hydrogens is 270 g/mol. The van der Waals surface area contributed by atoms with Crippen LogP contribution in [-0.4, -0.2) is 21.0 Å². The Balaban J connectivity index is 2.05. The van der Waals surface area contributed by atoms with Crippen LogP contribution < -0.4 is 10.6 Å². The highest BCUT2D eigenvalue weighted by molar-refractivity contribution is 6.06. The van der Waals surface area contributed by atoms with Gasteiger partial charge in [0, 0.05) is 24.3 Å². The molecule has 0 bridgehead atoms. The summed E-state index contributed by atoms with van der Waals surface area (Å²) in [7, 11) is 0. The van der Waals surface area contributed by atoms with Crippen molar-refractivity contribution in [3.05, 3.63) is 54.5 Å². The Morgan fingerprint density at radius 1 is 1.24 bits per heavy atom. The average Bonchev–Trinajstić information content (AvgIpc) is 2.51. The van der Waals surface area contributed by atoms with Crippen molar-refractivity contribution in [2.75, 3.05) is 10.6 Å². The van der Waals surface area contributed by atoms with Crippen molar-refractivity contribution in [3.63, 3.8) is 0 Å². The number of hydrogen-bond donors (Lipinski definition) is 3. The van der Waals surface area contributed by atoms with Gasteiger partial charge in [0.25, 0.3) is 5.91 Å². The molecule has 0 fully saturated rings. The Labute approximate surface area is 120 Å². The zero-order valence-electron chi connectivity index (χ0n) is 10.8. The van der Waals surface area contributed by atoms with Gasteiger partial charge in [-0.3, -0.25) is 4.79 Å². The summed E-state index contributed by atoms with van der Waals surface area (Å²) in [6.07, 6.45) is 4.29. The van der Waals surface area contributed by atoms with Crippen molar-refractivity contribution in [1.29, 1.82) is 5.26 Å². The van der Waals surface area contributed by atoms with Crippen molar-refractivity contribution >= 4 is 17.5 Å². The van der Waals surface area contributed by atoms with Gasteiger partial charge in [-0.05, 0) is 30.3 Å². The molecule has 2 aromatic rings. The SMILES string of the molecule is N#C/C(=C/Nc1ncccn1)C(=O)Nc1ccc(O)cc1. The first kappa shape index (κ1) is 14.0. The van der Waals surface area contributed by atoms with Gasteiger partial charge in [-0.25, -0.2) is 9.97 Å². The first-order valence-corrected chi connectivity index (χ1v) is 5.93. The van der Waals surface area contributed by atoms with Gasteiger partial charge in [-0.2, -0.15) is 5.26 Å². The van der Waals surface area contributed by atoms with E-state index in [4.69, 9.17) is 10.4 Å². The molecule has 0 aliphatic heterocycles. The number of phenolic OH excluding ortho intramolecular Hbond substituents is 1. The van der Waals surface area contributed by atoms with Crippen LogP contribution in [0.25, 0.3) is 0 Å². The fourth-order valence-corrected chi connectivity index (χ4v) is 1.40. The van der Waals surface area contributed by atoms with Crippen LogP contribution in [0.15, 0.2) is 54.5 Å². The molecule has 0 saturated heterocycles. The highest BCUT2D eigenvalue weighted by Crippen LogP contribution is 2.14. The van der Waals surface area contributed by atoms with Crippen LogP contribution in [0.4, 0.5) is 11.6 Å². The number of nitrogens with zero attached hydrogens (tertiary/aromatic N) is 3. The number of aromatic hydroxyl groups is 1. The monoisotopic (exact) mass is 281 g/mol. The van der Waals surface area contributed by atoms with Crippen molar-refractivity contribution in [1.82, 2.24) is 9.97 Å². The molecule has 2 rings (SSSR count). The maximum Gasteiger partial charge on any atom is 0.267 e. The summed E-state index contributed by atoms with van der Waals surface area (Å²) in [5.41, 5.74) is 0.338. The minimum Gasteiger partial charge on any atom is -0.508 e. The number of aromatic nitrogens is 2. The summed E-state index contributed by atoms with van der Waals surface area (Å²) < 4.78 is 0. The second kappa shape index (κ2) is 6.68. The van der Waals surface area contributed by atoms with E-state index in [9.17, 15) is 4.79 Å². The molecule has 7 heteroatoms. The summed E-state index contributed by atoms with van der Waals surface area (Å²) in [5.74, 6) is -0.207. The van der Waals surface area contributed by atoms with Crippen molar-refractivity contribution in [2.24, 2.45) is 0 Å². The third-order valence-corrected chi connectivity index (χ3v) is 2.40. The molecule has 1 aromatic carbocycles. The van der Waals surface area contributed by atoms with Crippen LogP contribution >= 0.6 is 0 Å². The predicted octanol–water partition coefficient (Wildman–Crippen LogP) is 1.64. The molecule has 0 radical (unpaired) electrons. The van der Waals surface area contributed by atoms with E-state index >= 15 is 0 Å². The number of phenols is 1. The van der Waals surface area contributed by atoms with E-state index in [1.54, 1.807) is 12.1 Å². The zero-order valence-corrected chi connectivity index (χ0v) is 10.8. The van der Waals surface area contributed by atoms with Gasteiger partial charge in [-0.15, -0.1) is 0 Å². The number of hydrogen-bond acceptors (Lipinski definition) is 6. The fourth-order valence-electron chi connectivity index (χ4n) is 1.40. The smallest absolute Gasteiger partial charge is 0.267 e. The molecule has 7 nitrogen and oxygen atoms in total. The molecule has 0 atom stereocenters. The van der Waals surface area contributed by atoms with Gasteiger partial charge < -0.3 is 15.7 Å². The number of anilines is 2. The maximum atomic E-state index is 11.9. The third-order valence-electron chi connectivity index (χ3n) is 2.40. The number of carbonyl (C=O) groups is 1. The number of rotatable bonds is 4. The van der Waals surface area contributed by atoms with Gasteiger partial charge >= 0.3 is 0 Å². The molecule has 3 N–H and O–H groups in total. The Kier molecular flexibility index (Phi) is 4.46. The molecule has 21 heavy (non-hydrogen) atoms. The minimum atomic E-state index is -0.577. The summed E-state index contributed by atoms with van der Waals surface area (Å²) in [6, 6.07) is 9.35. The highest BCUT2D eigenvalue weighted by atomic mass is 16.3. The molecule has 1 amide bonds. The van der Waals surface area contributed by atoms with Gasteiger partial charge in [0.15, 0.2) is 0 Å². The number of benzene rings is 1. The average molecular weight is 281 g/mol. The summed E-state index contributed by atoms with van der Waals surface area (Å²) in [6.45, 7) is 0. The van der Waals surface area contributed by atoms with Crippen LogP contribution in [0.5, 0.6) is 5.75 Å². The van der Waals surface area contributed by atoms with E-state index in [1.807, 2.05) is 0 Å². The predicted molar refractivity (Wildman–Crippen MR) is 76.1 cm³/mol. The minimum absolute atomic E-state index is 0.0898. The normalized spacial score (nSPS) is 10.5. The van der Waals surface area contributed by atoms with Crippen LogP contribution in [-0.2, 0) is 4.79 Å². The van der Waals surface area contributed by atoms with Crippen LogP contribution in [0, 0.1) is 11.3 Å². The first-order valence-electron chi connectivity index (χ1n) is 5.93. The lowest BCUT2D eigenvalue weighted by Crippen LogP contribution is -2.14. The Morgan fingerprint density at radius 3 is 2.52 bits per heavy atom. The second-order valence-corrected chi connectivity index (χ2v) is 3.89. The van der Waals surface area contributed by atoms with Crippen molar-refractivity contribution in [2.45, 2.75) is 0 Å². The van der Waals surface area contributed by atoms with E-state index in [1.165, 1.54) is 42.9 Å². The largest absolute Gasteiger partial charge is 0.508 e. The third kappa shape index (κ3) is 4.04. The van der Waals surface area contributed by atoms with E-state index in [2.05, 4.69) is 20.6 Å². The molecule has 0 aliphatic carbocycles. The Hall–Kier alpha value is -3.40. The van der Waals surface area contributed by atoms with E-state index in [-0.39, 0.29) is 17.3 Å². The summed E-state index contributed by atoms with van der Waals surface area (Å²) in [5, 5.41) is 23.4. The molecular formula is C14H11N5O2. The number of carbonyl (C=O) groups excluding carboxylic acids is 1. The van der Waals surface area contributed by atoms with Crippen molar-refractivity contribution < 1.29 is 9.90 Å². The summed E-state index contributed by atoms with van der Waals surface area (Å²) >= 11 is 0. The topological polar surface area (TPSA) is 111 Å². The molecule has 0 spiro atoms. The lowest BCUT2D eigenvalue weighted by Gasteiger charge is -2.04. The van der Waals surface area contributed by atoms with Gasteiger partial charge in [0.05, 0.1) is 0 Å². The Morgan fingerprint density at radius 2 is 1.90 bits per heavy atom. The number of nitriles is 1. The van der Waals surface area contributed by atoms with Crippen LogP contribution in [0.3, 0.4) is 0 Å². The quantitative estimate of drug-likeness (QED) is 0.446. The first-order chi connectivity index (χ1) is 10.2. The summed E-state index contributed by atoms with van der Waals surface area (Å²) in [4.78, 5) is 19.7. The van der Waals surface area contributed by atoms with Gasteiger partial charge in [0.1, 0.15) is 17.4 Å². The number of nitrogens with one attached hydrogen (secondary N) is 2. The molecule has 0 unspecified atom stereocenters. The Bertz CT molecular complexity index is 690. The fraction of sp³-hybridized carbons (Fsp3) is 0. The molecule has 1 aromatic heterocycles. The van der Waals surface area contributed by atoms with E-state index in [0.29, 0.717) is 5.69 Å². The molecule has 0 aliphatic rings. The van der Waals surface area contributed by atoms with Gasteiger partial charge in [-0.1, -0.05) is 0 Å². The zero-order chi connectivity index (χ0) is 15.1. The molecule has 0 saturated carbocycles. The molecule has 1 heterocycles. The van der Waals surface area contributed by atoms with E-state index < -0.39 is 5.91 Å². The van der Waals surface area contributed by atoms with Crippen molar-refractivity contribution in [3.8, 4) is 11.8 Å². The second-order valence-electron chi connectivity index (χ2n) is 3.89.